The van der Waals surface area contributed by atoms with Crippen LogP contribution in [0.15, 0.2) is 60.0 Å². The highest BCUT2D eigenvalue weighted by molar-refractivity contribution is 7.99. The highest BCUT2D eigenvalue weighted by Gasteiger charge is 2.30. The van der Waals surface area contributed by atoms with Crippen LogP contribution in [0, 0.1) is 0 Å². The predicted molar refractivity (Wildman–Crippen MR) is 108 cm³/mol. The average molecular weight is 451 g/mol. The number of aromatic nitrogens is 3. The number of alkyl halides is 3. The molecule has 0 saturated heterocycles. The lowest BCUT2D eigenvalue weighted by Crippen LogP contribution is -2.17. The van der Waals surface area contributed by atoms with E-state index in [-0.39, 0.29) is 22.9 Å². The molecule has 2 aromatic carbocycles. The molecule has 0 atom stereocenters. The first-order valence-corrected chi connectivity index (χ1v) is 9.72. The molecule has 3 rings (SSSR count). The molecular formula is C19H16F3N5O3S. The van der Waals surface area contributed by atoms with Gasteiger partial charge in [-0.25, -0.2) is 0 Å². The third kappa shape index (κ3) is 6.74. The molecule has 1 aromatic heterocycles. The van der Waals surface area contributed by atoms with Gasteiger partial charge in [0, 0.05) is 24.0 Å². The van der Waals surface area contributed by atoms with Gasteiger partial charge in [-0.2, -0.15) is 0 Å². The van der Waals surface area contributed by atoms with Crippen molar-refractivity contribution >= 4 is 35.0 Å². The van der Waals surface area contributed by atoms with Crippen LogP contribution in [-0.2, 0) is 11.8 Å². The molecule has 0 unspecified atom stereocenters. The summed E-state index contributed by atoms with van der Waals surface area (Å²) in [6.07, 6.45) is -3.26. The molecule has 162 valence electrons. The van der Waals surface area contributed by atoms with Gasteiger partial charge < -0.3 is 19.9 Å². The van der Waals surface area contributed by atoms with E-state index in [1.54, 1.807) is 29.8 Å². The minimum atomic E-state index is -4.79. The lowest BCUT2D eigenvalue weighted by molar-refractivity contribution is -0.274. The Morgan fingerprint density at radius 1 is 1.10 bits per heavy atom. The largest absolute Gasteiger partial charge is 0.573 e. The van der Waals surface area contributed by atoms with Crippen LogP contribution in [-0.4, -0.2) is 38.7 Å². The molecule has 2 amide bonds. The number of nitrogens with zero attached hydrogens (tertiary/aromatic N) is 3. The Morgan fingerprint density at radius 3 is 2.48 bits per heavy atom. The van der Waals surface area contributed by atoms with Crippen LogP contribution in [0.1, 0.15) is 10.4 Å². The summed E-state index contributed by atoms with van der Waals surface area (Å²) >= 11 is 1.22. The fraction of sp³-hybridized carbons (Fsp3) is 0.158. The monoisotopic (exact) mass is 451 g/mol. The minimum absolute atomic E-state index is 0.106. The molecule has 1 heterocycles. The molecule has 3 aromatic rings. The quantitative estimate of drug-likeness (QED) is 0.532. The second-order valence-corrected chi connectivity index (χ2v) is 7.11. The lowest BCUT2D eigenvalue weighted by atomic mass is 10.2. The van der Waals surface area contributed by atoms with Gasteiger partial charge in [0.15, 0.2) is 5.16 Å². The van der Waals surface area contributed by atoms with E-state index in [1.807, 2.05) is 0 Å². The molecule has 8 nitrogen and oxygen atoms in total. The summed E-state index contributed by atoms with van der Waals surface area (Å²) in [6.45, 7) is 0. The lowest BCUT2D eigenvalue weighted by Gasteiger charge is -2.10. The standard InChI is InChI=1S/C19H16F3N5O3S/c1-27-11-23-26-18(27)31-10-16(28)24-14-4-2-3-12(9-14)17(29)25-13-5-7-15(8-6-13)30-19(20,21)22/h2-9,11H,10H2,1H3,(H,24,28)(H,25,29). The van der Waals surface area contributed by atoms with Gasteiger partial charge in [-0.05, 0) is 42.5 Å². The first-order valence-electron chi connectivity index (χ1n) is 8.73. The van der Waals surface area contributed by atoms with Crippen LogP contribution in [0.3, 0.4) is 0 Å². The number of halogens is 3. The molecular weight excluding hydrogens is 435 g/mol. The Kier molecular flexibility index (Phi) is 6.80. The van der Waals surface area contributed by atoms with Gasteiger partial charge in [0.05, 0.1) is 5.75 Å². The number of carbonyl (C=O) groups excluding carboxylic acids is 2. The first-order chi connectivity index (χ1) is 14.7. The maximum absolute atomic E-state index is 12.4. The number of rotatable bonds is 7. The number of ether oxygens (including phenoxy) is 1. The highest BCUT2D eigenvalue weighted by Crippen LogP contribution is 2.24. The second kappa shape index (κ2) is 9.51. The number of hydrogen-bond donors (Lipinski definition) is 2. The zero-order chi connectivity index (χ0) is 22.4. The summed E-state index contributed by atoms with van der Waals surface area (Å²) in [4.78, 5) is 24.6. The van der Waals surface area contributed by atoms with Crippen LogP contribution in [0.5, 0.6) is 5.75 Å². The molecule has 0 bridgehead atoms. The minimum Gasteiger partial charge on any atom is -0.406 e. The summed E-state index contributed by atoms with van der Waals surface area (Å²) < 4.78 is 42.1. The van der Waals surface area contributed by atoms with Crippen molar-refractivity contribution in [3.8, 4) is 5.75 Å². The maximum atomic E-state index is 12.4. The zero-order valence-corrected chi connectivity index (χ0v) is 16.8. The highest BCUT2D eigenvalue weighted by atomic mass is 32.2. The number of nitrogens with one attached hydrogen (secondary N) is 2. The summed E-state index contributed by atoms with van der Waals surface area (Å²) in [5.41, 5.74) is 0.966. The topological polar surface area (TPSA) is 98.1 Å². The molecule has 0 spiro atoms. The molecule has 0 radical (unpaired) electrons. The number of amides is 2. The smallest absolute Gasteiger partial charge is 0.406 e. The van der Waals surface area contributed by atoms with Gasteiger partial charge in [0.2, 0.25) is 5.91 Å². The summed E-state index contributed by atoms with van der Waals surface area (Å²) in [6, 6.07) is 11.0. The normalized spacial score (nSPS) is 11.1. The Morgan fingerprint density at radius 2 is 1.84 bits per heavy atom. The van der Waals surface area contributed by atoms with E-state index in [9.17, 15) is 22.8 Å². The number of anilines is 2. The fourth-order valence-electron chi connectivity index (χ4n) is 2.41. The third-order valence-electron chi connectivity index (χ3n) is 3.76. The van der Waals surface area contributed by atoms with Crippen molar-refractivity contribution in [2.75, 3.05) is 16.4 Å². The third-order valence-corrected chi connectivity index (χ3v) is 4.79. The van der Waals surface area contributed by atoms with E-state index in [1.165, 1.54) is 36.3 Å². The second-order valence-electron chi connectivity index (χ2n) is 6.17. The van der Waals surface area contributed by atoms with E-state index in [4.69, 9.17) is 0 Å². The summed E-state index contributed by atoms with van der Waals surface area (Å²) in [5, 5.41) is 13.5. The first kappa shape index (κ1) is 22.2. The van der Waals surface area contributed by atoms with E-state index < -0.39 is 18.0 Å². The van der Waals surface area contributed by atoms with Crippen molar-refractivity contribution in [3.05, 3.63) is 60.4 Å². The zero-order valence-electron chi connectivity index (χ0n) is 16.0. The van der Waals surface area contributed by atoms with Crippen LogP contribution >= 0.6 is 11.8 Å². The molecule has 12 heteroatoms. The van der Waals surface area contributed by atoms with Crippen molar-refractivity contribution in [2.45, 2.75) is 11.5 Å². The molecule has 0 aliphatic rings. The van der Waals surface area contributed by atoms with Gasteiger partial charge in [0.1, 0.15) is 12.1 Å². The van der Waals surface area contributed by atoms with Crippen molar-refractivity contribution in [3.63, 3.8) is 0 Å². The molecule has 0 aliphatic carbocycles. The van der Waals surface area contributed by atoms with Crippen LogP contribution < -0.4 is 15.4 Å². The molecule has 2 N–H and O–H groups in total. The Hall–Kier alpha value is -3.54. The van der Waals surface area contributed by atoms with Gasteiger partial charge in [-0.15, -0.1) is 23.4 Å². The maximum Gasteiger partial charge on any atom is 0.573 e. The number of thioether (sulfide) groups is 1. The number of aryl methyl sites for hydroxylation is 1. The average Bonchev–Trinajstić information content (AvgIpc) is 3.12. The predicted octanol–water partition coefficient (Wildman–Crippen LogP) is 3.70. The summed E-state index contributed by atoms with van der Waals surface area (Å²) in [7, 11) is 1.76. The van der Waals surface area contributed by atoms with Crippen LogP contribution in [0.2, 0.25) is 0 Å². The Balaban J connectivity index is 1.57. The molecule has 31 heavy (non-hydrogen) atoms. The van der Waals surface area contributed by atoms with E-state index in [2.05, 4.69) is 25.6 Å². The van der Waals surface area contributed by atoms with Crippen LogP contribution in [0.4, 0.5) is 24.5 Å². The number of carbonyl (C=O) groups is 2. The van der Waals surface area contributed by atoms with Crippen molar-refractivity contribution in [2.24, 2.45) is 7.05 Å². The van der Waals surface area contributed by atoms with E-state index in [0.717, 1.165) is 12.1 Å². The number of benzene rings is 2. The van der Waals surface area contributed by atoms with Crippen molar-refractivity contribution in [1.82, 2.24) is 14.8 Å². The molecule has 0 aliphatic heterocycles. The van der Waals surface area contributed by atoms with Gasteiger partial charge in [0.25, 0.3) is 5.91 Å². The van der Waals surface area contributed by atoms with Gasteiger partial charge in [-0.3, -0.25) is 9.59 Å². The molecule has 0 fully saturated rings. The van der Waals surface area contributed by atoms with Gasteiger partial charge in [-0.1, -0.05) is 17.8 Å². The van der Waals surface area contributed by atoms with E-state index in [0.29, 0.717) is 10.8 Å². The van der Waals surface area contributed by atoms with E-state index >= 15 is 0 Å². The Bertz CT molecular complexity index is 1070. The molecule has 0 saturated carbocycles. The fourth-order valence-corrected chi connectivity index (χ4v) is 3.10. The van der Waals surface area contributed by atoms with Crippen molar-refractivity contribution in [1.29, 1.82) is 0 Å². The van der Waals surface area contributed by atoms with Crippen molar-refractivity contribution < 1.29 is 27.5 Å². The van der Waals surface area contributed by atoms with Crippen LogP contribution in [0.25, 0.3) is 0 Å². The summed E-state index contributed by atoms with van der Waals surface area (Å²) in [5.74, 6) is -1.07. The SMILES string of the molecule is Cn1cnnc1SCC(=O)Nc1cccc(C(=O)Nc2ccc(OC(F)(F)F)cc2)c1. The van der Waals surface area contributed by atoms with Gasteiger partial charge >= 0.3 is 6.36 Å². The Labute approximate surface area is 178 Å². The number of hydrogen-bond acceptors (Lipinski definition) is 6.